The average molecular weight is 224 g/mol. The maximum atomic E-state index is 4.29. The Morgan fingerprint density at radius 1 is 1.06 bits per heavy atom. The summed E-state index contributed by atoms with van der Waals surface area (Å²) >= 11 is 0. The van der Waals surface area contributed by atoms with Crippen LogP contribution in [-0.2, 0) is 6.42 Å². The number of nitrogens with one attached hydrogen (secondary N) is 1. The lowest BCUT2D eigenvalue weighted by molar-refractivity contribution is 0.976. The minimum absolute atomic E-state index is 0.894. The number of fused-ring (bicyclic) bond motifs is 1. The molecule has 0 aliphatic carbocycles. The predicted octanol–water partition coefficient (Wildman–Crippen LogP) is 2.58. The summed E-state index contributed by atoms with van der Waals surface area (Å²) < 4.78 is 0. The Bertz CT molecular complexity index is 657. The predicted molar refractivity (Wildman–Crippen MR) is 66.5 cm³/mol. The normalized spacial score (nSPS) is 10.9. The van der Waals surface area contributed by atoms with Crippen molar-refractivity contribution in [3.8, 4) is 11.3 Å². The lowest BCUT2D eigenvalue weighted by Gasteiger charge is -1.98. The largest absolute Gasteiger partial charge is 0.282 e. The van der Waals surface area contributed by atoms with Crippen LogP contribution in [0.25, 0.3) is 22.3 Å². The van der Waals surface area contributed by atoms with Crippen molar-refractivity contribution in [3.63, 3.8) is 0 Å². The summed E-state index contributed by atoms with van der Waals surface area (Å²) in [6.45, 7) is 2.10. The van der Waals surface area contributed by atoms with E-state index in [4.69, 9.17) is 0 Å². The molecule has 4 heteroatoms. The van der Waals surface area contributed by atoms with Crippen LogP contribution in [0.5, 0.6) is 0 Å². The zero-order valence-electron chi connectivity index (χ0n) is 9.51. The van der Waals surface area contributed by atoms with E-state index >= 15 is 0 Å². The van der Waals surface area contributed by atoms with Crippen molar-refractivity contribution in [2.24, 2.45) is 0 Å². The molecule has 84 valence electrons. The molecule has 0 saturated carbocycles. The second kappa shape index (κ2) is 3.97. The van der Waals surface area contributed by atoms with Gasteiger partial charge in [0.1, 0.15) is 0 Å². The van der Waals surface area contributed by atoms with E-state index in [2.05, 4.69) is 33.2 Å². The summed E-state index contributed by atoms with van der Waals surface area (Å²) in [7, 11) is 0. The number of hydrogen-bond acceptors (Lipinski definition) is 3. The SMILES string of the molecule is CCc1cc(-c2ccc3nccnc3c2)n[nH]1. The fourth-order valence-corrected chi connectivity index (χ4v) is 1.81. The van der Waals surface area contributed by atoms with Gasteiger partial charge in [-0.05, 0) is 24.6 Å². The average Bonchev–Trinajstić information content (AvgIpc) is 2.87. The molecule has 2 heterocycles. The summed E-state index contributed by atoms with van der Waals surface area (Å²) in [5.74, 6) is 0. The number of aromatic nitrogens is 4. The molecule has 0 saturated heterocycles. The van der Waals surface area contributed by atoms with Crippen LogP contribution in [0.1, 0.15) is 12.6 Å². The van der Waals surface area contributed by atoms with Crippen LogP contribution in [0.4, 0.5) is 0 Å². The van der Waals surface area contributed by atoms with Crippen molar-refractivity contribution in [3.05, 3.63) is 42.4 Å². The van der Waals surface area contributed by atoms with Gasteiger partial charge in [0.05, 0.1) is 16.7 Å². The molecule has 0 spiro atoms. The van der Waals surface area contributed by atoms with Gasteiger partial charge in [0.2, 0.25) is 0 Å². The number of aryl methyl sites for hydroxylation is 1. The molecule has 2 aromatic heterocycles. The topological polar surface area (TPSA) is 54.5 Å². The number of hydrogen-bond donors (Lipinski definition) is 1. The molecule has 1 aromatic carbocycles. The van der Waals surface area contributed by atoms with E-state index in [0.717, 1.165) is 34.4 Å². The fraction of sp³-hybridized carbons (Fsp3) is 0.154. The minimum Gasteiger partial charge on any atom is -0.282 e. The van der Waals surface area contributed by atoms with Gasteiger partial charge < -0.3 is 0 Å². The number of nitrogens with zero attached hydrogens (tertiary/aromatic N) is 3. The molecule has 17 heavy (non-hydrogen) atoms. The second-order valence-corrected chi connectivity index (χ2v) is 3.89. The van der Waals surface area contributed by atoms with Crippen LogP contribution in [0.15, 0.2) is 36.7 Å². The zero-order valence-corrected chi connectivity index (χ0v) is 9.51. The smallest absolute Gasteiger partial charge is 0.0924 e. The molecule has 0 unspecified atom stereocenters. The van der Waals surface area contributed by atoms with E-state index in [9.17, 15) is 0 Å². The number of rotatable bonds is 2. The molecule has 0 atom stereocenters. The Morgan fingerprint density at radius 2 is 1.88 bits per heavy atom. The third-order valence-corrected chi connectivity index (χ3v) is 2.78. The molecule has 0 radical (unpaired) electrons. The van der Waals surface area contributed by atoms with E-state index in [1.54, 1.807) is 12.4 Å². The molecule has 0 fully saturated rings. The van der Waals surface area contributed by atoms with Crippen LogP contribution in [0, 0.1) is 0 Å². The maximum Gasteiger partial charge on any atom is 0.0924 e. The van der Waals surface area contributed by atoms with Gasteiger partial charge in [0, 0.05) is 23.7 Å². The Hall–Kier alpha value is -2.23. The van der Waals surface area contributed by atoms with Gasteiger partial charge in [0.25, 0.3) is 0 Å². The number of H-pyrrole nitrogens is 1. The molecule has 0 aliphatic heterocycles. The fourth-order valence-electron chi connectivity index (χ4n) is 1.81. The maximum absolute atomic E-state index is 4.29. The highest BCUT2D eigenvalue weighted by molar-refractivity contribution is 5.80. The van der Waals surface area contributed by atoms with Crippen molar-refractivity contribution >= 4 is 11.0 Å². The second-order valence-electron chi connectivity index (χ2n) is 3.89. The van der Waals surface area contributed by atoms with Crippen molar-refractivity contribution in [2.45, 2.75) is 13.3 Å². The van der Waals surface area contributed by atoms with Gasteiger partial charge in [-0.1, -0.05) is 13.0 Å². The van der Waals surface area contributed by atoms with E-state index in [-0.39, 0.29) is 0 Å². The molecule has 3 aromatic rings. The molecule has 1 N–H and O–H groups in total. The minimum atomic E-state index is 0.894. The van der Waals surface area contributed by atoms with Gasteiger partial charge in [-0.3, -0.25) is 15.1 Å². The van der Waals surface area contributed by atoms with Gasteiger partial charge in [-0.2, -0.15) is 5.10 Å². The molecular formula is C13H12N4. The van der Waals surface area contributed by atoms with Gasteiger partial charge in [-0.15, -0.1) is 0 Å². The zero-order chi connectivity index (χ0) is 11.7. The van der Waals surface area contributed by atoms with Crippen LogP contribution >= 0.6 is 0 Å². The Labute approximate surface area is 98.7 Å². The molecular weight excluding hydrogens is 212 g/mol. The summed E-state index contributed by atoms with van der Waals surface area (Å²) in [5.41, 5.74) is 4.95. The van der Waals surface area contributed by atoms with Gasteiger partial charge >= 0.3 is 0 Å². The van der Waals surface area contributed by atoms with Crippen molar-refractivity contribution in [2.75, 3.05) is 0 Å². The molecule has 3 rings (SSSR count). The Balaban J connectivity index is 2.11. The summed E-state index contributed by atoms with van der Waals surface area (Å²) in [6, 6.07) is 8.07. The molecule has 0 aliphatic rings. The third-order valence-electron chi connectivity index (χ3n) is 2.78. The van der Waals surface area contributed by atoms with Crippen LogP contribution < -0.4 is 0 Å². The Kier molecular flexibility index (Phi) is 2.33. The lowest BCUT2D eigenvalue weighted by Crippen LogP contribution is -1.84. The molecule has 0 amide bonds. The first-order valence-corrected chi connectivity index (χ1v) is 5.62. The first kappa shape index (κ1) is 9.96. The standard InChI is InChI=1S/C13H12N4/c1-2-10-8-12(17-16-10)9-3-4-11-13(7-9)15-6-5-14-11/h3-8H,2H2,1H3,(H,16,17). The van der Waals surface area contributed by atoms with Crippen LogP contribution in [-0.4, -0.2) is 20.2 Å². The molecule has 0 bridgehead atoms. The first-order chi connectivity index (χ1) is 8.36. The van der Waals surface area contributed by atoms with Gasteiger partial charge in [0.15, 0.2) is 0 Å². The van der Waals surface area contributed by atoms with Crippen LogP contribution in [0.3, 0.4) is 0 Å². The monoisotopic (exact) mass is 224 g/mol. The highest BCUT2D eigenvalue weighted by atomic mass is 15.1. The van der Waals surface area contributed by atoms with E-state index in [1.165, 1.54) is 0 Å². The lowest BCUT2D eigenvalue weighted by atomic mass is 10.1. The van der Waals surface area contributed by atoms with E-state index in [1.807, 2.05) is 18.2 Å². The highest BCUT2D eigenvalue weighted by Crippen LogP contribution is 2.21. The third kappa shape index (κ3) is 1.78. The summed E-state index contributed by atoms with van der Waals surface area (Å²) in [4.78, 5) is 8.54. The van der Waals surface area contributed by atoms with Crippen LogP contribution in [0.2, 0.25) is 0 Å². The number of benzene rings is 1. The summed E-state index contributed by atoms with van der Waals surface area (Å²) in [6.07, 6.45) is 4.36. The highest BCUT2D eigenvalue weighted by Gasteiger charge is 2.04. The number of aromatic amines is 1. The first-order valence-electron chi connectivity index (χ1n) is 5.62. The van der Waals surface area contributed by atoms with E-state index < -0.39 is 0 Å². The van der Waals surface area contributed by atoms with Crippen molar-refractivity contribution in [1.82, 2.24) is 20.2 Å². The Morgan fingerprint density at radius 3 is 2.65 bits per heavy atom. The summed E-state index contributed by atoms with van der Waals surface area (Å²) in [5, 5.41) is 7.31. The van der Waals surface area contributed by atoms with E-state index in [0.29, 0.717) is 0 Å². The quantitative estimate of drug-likeness (QED) is 0.727. The van der Waals surface area contributed by atoms with Crippen molar-refractivity contribution in [1.29, 1.82) is 0 Å². The van der Waals surface area contributed by atoms with Gasteiger partial charge in [-0.25, -0.2) is 0 Å². The van der Waals surface area contributed by atoms with Crippen molar-refractivity contribution < 1.29 is 0 Å². The molecule has 4 nitrogen and oxygen atoms in total.